The Kier molecular flexibility index (Phi) is 4.87. The van der Waals surface area contributed by atoms with Crippen LogP contribution in [0.3, 0.4) is 0 Å². The normalized spacial score (nSPS) is 10.9. The molecule has 3 rings (SSSR count). The van der Waals surface area contributed by atoms with E-state index in [4.69, 9.17) is 4.74 Å². The summed E-state index contributed by atoms with van der Waals surface area (Å²) in [4.78, 5) is 3.42. The Morgan fingerprint density at radius 1 is 1.00 bits per heavy atom. The molecule has 23 heavy (non-hydrogen) atoms. The van der Waals surface area contributed by atoms with Gasteiger partial charge in [-0.25, -0.2) is 0 Å². The Morgan fingerprint density at radius 2 is 1.78 bits per heavy atom. The molecule has 0 bridgehead atoms. The minimum Gasteiger partial charge on any atom is -0.494 e. The lowest BCUT2D eigenvalue weighted by atomic mass is 10.1. The number of benzene rings is 2. The number of hydrogen-bond acceptors (Lipinski definition) is 3. The van der Waals surface area contributed by atoms with Gasteiger partial charge in [-0.1, -0.05) is 25.5 Å². The predicted octanol–water partition coefficient (Wildman–Crippen LogP) is 5.81. The van der Waals surface area contributed by atoms with Gasteiger partial charge in [0.2, 0.25) is 0 Å². The molecular formula is C20H23NOS. The van der Waals surface area contributed by atoms with Crippen LogP contribution in [-0.4, -0.2) is 20.7 Å². The van der Waals surface area contributed by atoms with Gasteiger partial charge in [0.25, 0.3) is 0 Å². The van der Waals surface area contributed by atoms with Gasteiger partial charge in [-0.15, -0.1) is 11.3 Å². The fourth-order valence-electron chi connectivity index (χ4n) is 2.50. The molecule has 120 valence electrons. The van der Waals surface area contributed by atoms with Gasteiger partial charge >= 0.3 is 0 Å². The van der Waals surface area contributed by atoms with Gasteiger partial charge in [0.1, 0.15) is 5.75 Å². The van der Waals surface area contributed by atoms with Crippen LogP contribution in [0, 0.1) is 0 Å². The molecule has 3 aromatic rings. The van der Waals surface area contributed by atoms with Gasteiger partial charge in [0.15, 0.2) is 0 Å². The largest absolute Gasteiger partial charge is 0.494 e. The minimum atomic E-state index is 0.798. The molecule has 0 amide bonds. The number of anilines is 1. The summed E-state index contributed by atoms with van der Waals surface area (Å²) in [5.74, 6) is 0.974. The highest BCUT2D eigenvalue weighted by Gasteiger charge is 2.06. The van der Waals surface area contributed by atoms with E-state index in [0.717, 1.165) is 25.2 Å². The van der Waals surface area contributed by atoms with E-state index < -0.39 is 0 Å². The zero-order valence-electron chi connectivity index (χ0n) is 14.0. The minimum absolute atomic E-state index is 0.798. The molecule has 0 saturated heterocycles. The number of unbranched alkanes of at least 4 members (excludes halogenated alkanes) is 1. The molecule has 1 aromatic heterocycles. The van der Waals surface area contributed by atoms with Crippen LogP contribution < -0.4 is 9.64 Å². The second-order valence-electron chi connectivity index (χ2n) is 5.95. The Morgan fingerprint density at radius 3 is 2.48 bits per heavy atom. The van der Waals surface area contributed by atoms with Crippen LogP contribution in [0.15, 0.2) is 48.5 Å². The fourth-order valence-corrected chi connectivity index (χ4v) is 3.60. The van der Waals surface area contributed by atoms with Gasteiger partial charge in [-0.2, -0.15) is 0 Å². The standard InChI is InChI=1S/C20H23NOS/c1-4-5-12-22-18-11-8-16-13-19(23-20(16)14-18)15-6-9-17(10-7-15)21(2)3/h6-11,13-14H,4-5,12H2,1-3H3. The molecule has 0 spiro atoms. The molecule has 0 saturated carbocycles. The lowest BCUT2D eigenvalue weighted by Gasteiger charge is -2.12. The lowest BCUT2D eigenvalue weighted by Crippen LogP contribution is -2.07. The van der Waals surface area contributed by atoms with E-state index in [-0.39, 0.29) is 0 Å². The van der Waals surface area contributed by atoms with Crippen LogP contribution in [0.25, 0.3) is 20.5 Å². The Hall–Kier alpha value is -2.00. The number of hydrogen-bond donors (Lipinski definition) is 0. The first-order valence-corrected chi connectivity index (χ1v) is 8.93. The predicted molar refractivity (Wildman–Crippen MR) is 102 cm³/mol. The van der Waals surface area contributed by atoms with Crippen molar-refractivity contribution in [2.45, 2.75) is 19.8 Å². The van der Waals surface area contributed by atoms with Gasteiger partial charge in [-0.3, -0.25) is 0 Å². The average Bonchev–Trinajstić information content (AvgIpc) is 2.98. The van der Waals surface area contributed by atoms with Gasteiger partial charge < -0.3 is 9.64 Å². The molecule has 2 nitrogen and oxygen atoms in total. The van der Waals surface area contributed by atoms with E-state index in [9.17, 15) is 0 Å². The maximum absolute atomic E-state index is 5.81. The maximum Gasteiger partial charge on any atom is 0.120 e. The highest BCUT2D eigenvalue weighted by molar-refractivity contribution is 7.22. The molecule has 2 aromatic carbocycles. The quantitative estimate of drug-likeness (QED) is 0.530. The van der Waals surface area contributed by atoms with Crippen LogP contribution in [-0.2, 0) is 0 Å². The zero-order chi connectivity index (χ0) is 16.2. The van der Waals surface area contributed by atoms with Crippen molar-refractivity contribution in [1.82, 2.24) is 0 Å². The van der Waals surface area contributed by atoms with Crippen molar-refractivity contribution >= 4 is 27.1 Å². The molecule has 1 heterocycles. The maximum atomic E-state index is 5.81. The number of ether oxygens (including phenoxy) is 1. The van der Waals surface area contributed by atoms with Crippen molar-refractivity contribution in [3.05, 3.63) is 48.5 Å². The highest BCUT2D eigenvalue weighted by Crippen LogP contribution is 2.35. The van der Waals surface area contributed by atoms with Gasteiger partial charge in [0, 0.05) is 29.4 Å². The summed E-state index contributed by atoms with van der Waals surface area (Å²) < 4.78 is 7.10. The van der Waals surface area contributed by atoms with Crippen LogP contribution in [0.2, 0.25) is 0 Å². The second-order valence-corrected chi connectivity index (χ2v) is 7.04. The molecule has 3 heteroatoms. The molecule has 0 aliphatic rings. The fraction of sp³-hybridized carbons (Fsp3) is 0.300. The summed E-state index contributed by atoms with van der Waals surface area (Å²) in [6, 6.07) is 17.4. The third kappa shape index (κ3) is 3.67. The zero-order valence-corrected chi connectivity index (χ0v) is 14.8. The van der Waals surface area contributed by atoms with Crippen molar-refractivity contribution in [2.24, 2.45) is 0 Å². The van der Waals surface area contributed by atoms with Crippen LogP contribution in [0.4, 0.5) is 5.69 Å². The van der Waals surface area contributed by atoms with Gasteiger partial charge in [-0.05, 0) is 53.8 Å². The Bertz CT molecular complexity index is 774. The van der Waals surface area contributed by atoms with E-state index >= 15 is 0 Å². The summed E-state index contributed by atoms with van der Waals surface area (Å²) in [5.41, 5.74) is 2.49. The summed E-state index contributed by atoms with van der Waals surface area (Å²) >= 11 is 1.82. The Labute approximate surface area is 142 Å². The van der Waals surface area contributed by atoms with E-state index in [1.807, 2.05) is 11.3 Å². The van der Waals surface area contributed by atoms with E-state index in [0.29, 0.717) is 0 Å². The van der Waals surface area contributed by atoms with Crippen LogP contribution >= 0.6 is 11.3 Å². The van der Waals surface area contributed by atoms with Crippen LogP contribution in [0.5, 0.6) is 5.75 Å². The number of fused-ring (bicyclic) bond motifs is 1. The molecule has 0 N–H and O–H groups in total. The van der Waals surface area contributed by atoms with Gasteiger partial charge in [0.05, 0.1) is 6.61 Å². The lowest BCUT2D eigenvalue weighted by molar-refractivity contribution is 0.310. The van der Waals surface area contributed by atoms with E-state index in [1.165, 1.54) is 26.2 Å². The third-order valence-corrected chi connectivity index (χ3v) is 5.07. The molecule has 0 aliphatic heterocycles. The topological polar surface area (TPSA) is 12.5 Å². The smallest absolute Gasteiger partial charge is 0.120 e. The first-order valence-electron chi connectivity index (χ1n) is 8.11. The van der Waals surface area contributed by atoms with Crippen molar-refractivity contribution < 1.29 is 4.74 Å². The van der Waals surface area contributed by atoms with E-state index in [2.05, 4.69) is 74.4 Å². The van der Waals surface area contributed by atoms with Crippen molar-refractivity contribution in [3.63, 3.8) is 0 Å². The molecule has 0 atom stereocenters. The van der Waals surface area contributed by atoms with Crippen LogP contribution in [0.1, 0.15) is 19.8 Å². The molecular weight excluding hydrogens is 302 g/mol. The average molecular weight is 325 g/mol. The number of nitrogens with zero attached hydrogens (tertiary/aromatic N) is 1. The SMILES string of the molecule is CCCCOc1ccc2cc(-c3ccc(N(C)C)cc3)sc2c1. The highest BCUT2D eigenvalue weighted by atomic mass is 32.1. The van der Waals surface area contributed by atoms with E-state index in [1.54, 1.807) is 0 Å². The summed E-state index contributed by atoms with van der Waals surface area (Å²) in [6.45, 7) is 2.98. The Balaban J connectivity index is 1.84. The summed E-state index contributed by atoms with van der Waals surface area (Å²) in [6.07, 6.45) is 2.26. The summed E-state index contributed by atoms with van der Waals surface area (Å²) in [7, 11) is 4.13. The monoisotopic (exact) mass is 325 g/mol. The summed E-state index contributed by atoms with van der Waals surface area (Å²) in [5, 5.41) is 1.28. The van der Waals surface area contributed by atoms with Crippen molar-refractivity contribution in [2.75, 3.05) is 25.6 Å². The third-order valence-electron chi connectivity index (χ3n) is 3.93. The molecule has 0 unspecified atom stereocenters. The first kappa shape index (κ1) is 15.9. The molecule has 0 fully saturated rings. The second kappa shape index (κ2) is 7.05. The number of rotatable bonds is 6. The molecule has 0 aliphatic carbocycles. The van der Waals surface area contributed by atoms with Crippen molar-refractivity contribution in [1.29, 1.82) is 0 Å². The van der Waals surface area contributed by atoms with Crippen molar-refractivity contribution in [3.8, 4) is 16.2 Å². The number of thiophene rings is 1. The molecule has 0 radical (unpaired) electrons. The first-order chi connectivity index (χ1) is 11.2.